The zero-order valence-corrected chi connectivity index (χ0v) is 13.4. The normalized spacial score (nSPS) is 14.1. The Labute approximate surface area is 130 Å². The van der Waals surface area contributed by atoms with Gasteiger partial charge in [0, 0.05) is 11.8 Å². The van der Waals surface area contributed by atoms with E-state index in [1.807, 2.05) is 0 Å². The molecule has 2 atom stereocenters. The Balaban J connectivity index is 2.90. The number of amides is 1. The van der Waals surface area contributed by atoms with Crippen LogP contribution in [-0.2, 0) is 9.53 Å². The molecule has 1 aromatic heterocycles. The minimum Gasteiger partial charge on any atom is -0.480 e. The third kappa shape index (κ3) is 5.31. The number of ether oxygens (including phenoxy) is 1. The fourth-order valence-electron chi connectivity index (χ4n) is 1.51. The van der Waals surface area contributed by atoms with Gasteiger partial charge in [-0.2, -0.15) is 0 Å². The number of nitrogens with zero attached hydrogens (tertiary/aromatic N) is 1. The molecule has 1 heterocycles. The van der Waals surface area contributed by atoms with E-state index in [1.54, 1.807) is 26.8 Å². The fraction of sp³-hybridized carbons (Fsp3) is 0.462. The van der Waals surface area contributed by atoms with Gasteiger partial charge in [0.25, 0.3) is 0 Å². The zero-order chi connectivity index (χ0) is 16.2. The lowest BCUT2D eigenvalue weighted by Gasteiger charge is -2.24. The van der Waals surface area contributed by atoms with E-state index in [0.717, 1.165) is 0 Å². The molecule has 1 rings (SSSR count). The summed E-state index contributed by atoms with van der Waals surface area (Å²) in [5.41, 5.74) is -0.520. The molecule has 21 heavy (non-hydrogen) atoms. The fourth-order valence-corrected chi connectivity index (χ4v) is 1.99. The summed E-state index contributed by atoms with van der Waals surface area (Å²) in [6, 6.07) is 1.50. The molecular weight excluding hydrogens is 344 g/mol. The number of carbonyl (C=O) groups is 2. The van der Waals surface area contributed by atoms with Gasteiger partial charge < -0.3 is 20.3 Å². The van der Waals surface area contributed by atoms with Crippen LogP contribution in [0.2, 0.25) is 0 Å². The van der Waals surface area contributed by atoms with Crippen LogP contribution in [0.15, 0.2) is 22.9 Å². The number of aliphatic hydroxyl groups is 1. The standard InChI is InChI=1S/C13H17BrN2O5/c1-13(2,3)21-12(20)16-8(11(18)19)9(17)7-5-4-6-15-10(7)14/h4-6,8-9,17H,1-3H3,(H,16,20)(H,18,19). The lowest BCUT2D eigenvalue weighted by atomic mass is 10.0. The van der Waals surface area contributed by atoms with Gasteiger partial charge in [0.05, 0.1) is 0 Å². The molecule has 1 amide bonds. The molecule has 7 nitrogen and oxygen atoms in total. The summed E-state index contributed by atoms with van der Waals surface area (Å²) in [4.78, 5) is 26.8. The first-order chi connectivity index (χ1) is 9.61. The summed E-state index contributed by atoms with van der Waals surface area (Å²) in [6.45, 7) is 4.95. The average molecular weight is 361 g/mol. The molecule has 116 valence electrons. The van der Waals surface area contributed by atoms with Gasteiger partial charge in [-0.05, 0) is 42.8 Å². The number of carbonyl (C=O) groups excluding carboxylic acids is 1. The summed E-state index contributed by atoms with van der Waals surface area (Å²) in [7, 11) is 0. The van der Waals surface area contributed by atoms with E-state index in [2.05, 4.69) is 26.2 Å². The van der Waals surface area contributed by atoms with Crippen molar-refractivity contribution in [3.63, 3.8) is 0 Å². The molecule has 0 fully saturated rings. The number of nitrogens with one attached hydrogen (secondary N) is 1. The number of hydrogen-bond acceptors (Lipinski definition) is 5. The number of aliphatic carboxylic acids is 1. The van der Waals surface area contributed by atoms with E-state index >= 15 is 0 Å². The molecular formula is C13H17BrN2O5. The summed E-state index contributed by atoms with van der Waals surface area (Å²) in [5, 5.41) is 21.5. The number of pyridine rings is 1. The van der Waals surface area contributed by atoms with Crippen molar-refractivity contribution in [3.05, 3.63) is 28.5 Å². The smallest absolute Gasteiger partial charge is 0.408 e. The molecule has 2 unspecified atom stereocenters. The molecule has 8 heteroatoms. The molecule has 0 spiro atoms. The van der Waals surface area contributed by atoms with Crippen molar-refractivity contribution in [2.24, 2.45) is 0 Å². The van der Waals surface area contributed by atoms with E-state index < -0.39 is 29.8 Å². The SMILES string of the molecule is CC(C)(C)OC(=O)NC(C(=O)O)C(O)c1cccnc1Br. The van der Waals surface area contributed by atoms with Crippen molar-refractivity contribution >= 4 is 28.0 Å². The van der Waals surface area contributed by atoms with Crippen LogP contribution in [0.5, 0.6) is 0 Å². The highest BCUT2D eigenvalue weighted by Crippen LogP contribution is 2.24. The van der Waals surface area contributed by atoms with Crippen LogP contribution in [0.1, 0.15) is 32.4 Å². The van der Waals surface area contributed by atoms with Gasteiger partial charge in [-0.15, -0.1) is 0 Å². The van der Waals surface area contributed by atoms with E-state index in [4.69, 9.17) is 4.74 Å². The number of hydrogen-bond donors (Lipinski definition) is 3. The number of halogens is 1. The van der Waals surface area contributed by atoms with Crippen LogP contribution in [-0.4, -0.2) is 38.9 Å². The predicted octanol–water partition coefficient (Wildman–Crippen LogP) is 1.86. The van der Waals surface area contributed by atoms with Crippen LogP contribution in [0.3, 0.4) is 0 Å². The van der Waals surface area contributed by atoms with Crippen LogP contribution in [0.4, 0.5) is 4.79 Å². The third-order valence-corrected chi connectivity index (χ3v) is 3.02. The highest BCUT2D eigenvalue weighted by Gasteiger charge is 2.32. The van der Waals surface area contributed by atoms with Crippen molar-refractivity contribution in [2.45, 2.75) is 38.5 Å². The maximum absolute atomic E-state index is 11.7. The molecule has 0 aliphatic carbocycles. The maximum Gasteiger partial charge on any atom is 0.408 e. The van der Waals surface area contributed by atoms with Crippen molar-refractivity contribution in [2.75, 3.05) is 0 Å². The topological polar surface area (TPSA) is 109 Å². The van der Waals surface area contributed by atoms with Crippen LogP contribution in [0.25, 0.3) is 0 Å². The highest BCUT2D eigenvalue weighted by atomic mass is 79.9. The minimum absolute atomic E-state index is 0.251. The predicted molar refractivity (Wildman–Crippen MR) is 77.7 cm³/mol. The molecule has 1 aromatic rings. The number of aliphatic hydroxyl groups excluding tert-OH is 1. The number of alkyl carbamates (subject to hydrolysis) is 1. The van der Waals surface area contributed by atoms with E-state index in [-0.39, 0.29) is 5.56 Å². The van der Waals surface area contributed by atoms with Crippen molar-refractivity contribution < 1.29 is 24.5 Å². The van der Waals surface area contributed by atoms with Gasteiger partial charge in [-0.25, -0.2) is 14.6 Å². The number of carboxylic acids is 1. The molecule has 0 radical (unpaired) electrons. The Morgan fingerprint density at radius 2 is 2.05 bits per heavy atom. The zero-order valence-electron chi connectivity index (χ0n) is 11.8. The average Bonchev–Trinajstić information content (AvgIpc) is 2.33. The Hall–Kier alpha value is -1.67. The van der Waals surface area contributed by atoms with Crippen molar-refractivity contribution in [1.82, 2.24) is 10.3 Å². The van der Waals surface area contributed by atoms with Gasteiger partial charge in [-0.1, -0.05) is 6.07 Å². The molecule has 0 aromatic carbocycles. The summed E-state index contributed by atoms with van der Waals surface area (Å²) in [6.07, 6.45) is -0.913. The van der Waals surface area contributed by atoms with Crippen LogP contribution in [0, 0.1) is 0 Å². The molecule has 0 saturated heterocycles. The van der Waals surface area contributed by atoms with Crippen LogP contribution >= 0.6 is 15.9 Å². The molecule has 0 aliphatic heterocycles. The lowest BCUT2D eigenvalue weighted by molar-refractivity contribution is -0.142. The lowest BCUT2D eigenvalue weighted by Crippen LogP contribution is -2.47. The van der Waals surface area contributed by atoms with E-state index in [1.165, 1.54) is 12.3 Å². The monoisotopic (exact) mass is 360 g/mol. The molecule has 0 aliphatic rings. The third-order valence-electron chi connectivity index (χ3n) is 2.36. The minimum atomic E-state index is -1.56. The number of carboxylic acid groups (broad SMARTS) is 1. The first-order valence-electron chi connectivity index (χ1n) is 6.12. The first-order valence-corrected chi connectivity index (χ1v) is 6.92. The molecule has 0 saturated carbocycles. The quantitative estimate of drug-likeness (QED) is 0.707. The second-order valence-electron chi connectivity index (χ2n) is 5.29. The maximum atomic E-state index is 11.7. The van der Waals surface area contributed by atoms with Gasteiger partial charge in [0.2, 0.25) is 0 Å². The largest absolute Gasteiger partial charge is 0.480 e. The number of aromatic nitrogens is 1. The van der Waals surface area contributed by atoms with Gasteiger partial charge in [-0.3, -0.25) is 0 Å². The first kappa shape index (κ1) is 17.4. The van der Waals surface area contributed by atoms with Crippen molar-refractivity contribution in [1.29, 1.82) is 0 Å². The summed E-state index contributed by atoms with van der Waals surface area (Å²) in [5.74, 6) is -1.39. The van der Waals surface area contributed by atoms with E-state index in [9.17, 15) is 19.8 Å². The second-order valence-corrected chi connectivity index (χ2v) is 6.04. The second kappa shape index (κ2) is 6.86. The van der Waals surface area contributed by atoms with E-state index in [0.29, 0.717) is 4.60 Å². The molecule has 3 N–H and O–H groups in total. The van der Waals surface area contributed by atoms with Gasteiger partial charge >= 0.3 is 12.1 Å². The number of rotatable bonds is 4. The Morgan fingerprint density at radius 3 is 2.52 bits per heavy atom. The molecule has 0 bridgehead atoms. The van der Waals surface area contributed by atoms with Gasteiger partial charge in [0.15, 0.2) is 6.04 Å². The van der Waals surface area contributed by atoms with Crippen molar-refractivity contribution in [3.8, 4) is 0 Å². The van der Waals surface area contributed by atoms with Gasteiger partial charge in [0.1, 0.15) is 16.3 Å². The Morgan fingerprint density at radius 1 is 1.43 bits per heavy atom. The summed E-state index contributed by atoms with van der Waals surface area (Å²) >= 11 is 3.12. The summed E-state index contributed by atoms with van der Waals surface area (Å²) < 4.78 is 5.28. The Bertz CT molecular complexity index is 530. The Kier molecular flexibility index (Phi) is 5.68. The highest BCUT2D eigenvalue weighted by molar-refractivity contribution is 9.10. The van der Waals surface area contributed by atoms with Crippen LogP contribution < -0.4 is 5.32 Å².